The zero-order chi connectivity index (χ0) is 20.8. The quantitative estimate of drug-likeness (QED) is 0.521. The summed E-state index contributed by atoms with van der Waals surface area (Å²) in [5.41, 5.74) is 2.45. The van der Waals surface area contributed by atoms with Crippen LogP contribution in [0.3, 0.4) is 0 Å². The number of hydrogen-bond acceptors (Lipinski definition) is 3. The molecule has 2 aromatic carbocycles. The summed E-state index contributed by atoms with van der Waals surface area (Å²) in [6.07, 6.45) is 6.32. The van der Waals surface area contributed by atoms with Gasteiger partial charge in [-0.2, -0.15) is 0 Å². The number of aryl methyl sites for hydroxylation is 1. The van der Waals surface area contributed by atoms with Crippen molar-refractivity contribution in [1.82, 2.24) is 4.98 Å². The molecular formula is C22H17BrFN3O2. The SMILES string of the molecule is Cc1ccc(C(=O)Nc2ccc(Br)cc2F)cc1NC(=O)C=Cc1cccnc1. The standard InChI is InChI=1S/C22H17BrFN3O2/c1-14-4-6-16(22(29)27-19-8-7-17(23)12-18(19)24)11-20(14)26-21(28)9-5-15-3-2-10-25-13-15/h2-13H,1H3,(H,26,28)(H,27,29). The van der Waals surface area contributed by atoms with Crippen LogP contribution in [-0.2, 0) is 4.79 Å². The van der Waals surface area contributed by atoms with E-state index in [9.17, 15) is 14.0 Å². The smallest absolute Gasteiger partial charge is 0.255 e. The summed E-state index contributed by atoms with van der Waals surface area (Å²) in [7, 11) is 0. The van der Waals surface area contributed by atoms with E-state index in [1.54, 1.807) is 48.8 Å². The molecule has 0 spiro atoms. The maximum atomic E-state index is 14.0. The Bertz CT molecular complexity index is 1080. The average Bonchev–Trinajstić information content (AvgIpc) is 2.71. The van der Waals surface area contributed by atoms with E-state index in [-0.39, 0.29) is 11.6 Å². The van der Waals surface area contributed by atoms with Gasteiger partial charge in [0.1, 0.15) is 5.82 Å². The van der Waals surface area contributed by atoms with Gasteiger partial charge < -0.3 is 10.6 Å². The predicted octanol–water partition coefficient (Wildman–Crippen LogP) is 5.20. The third kappa shape index (κ3) is 5.58. The van der Waals surface area contributed by atoms with Gasteiger partial charge in [-0.05, 0) is 60.5 Å². The third-order valence-electron chi connectivity index (χ3n) is 4.05. The molecule has 0 aliphatic heterocycles. The van der Waals surface area contributed by atoms with E-state index in [1.807, 2.05) is 13.0 Å². The molecule has 7 heteroatoms. The number of benzene rings is 2. The summed E-state index contributed by atoms with van der Waals surface area (Å²) >= 11 is 3.17. The normalized spacial score (nSPS) is 10.7. The van der Waals surface area contributed by atoms with Gasteiger partial charge in [-0.25, -0.2) is 4.39 Å². The minimum absolute atomic E-state index is 0.0729. The highest BCUT2D eigenvalue weighted by Crippen LogP contribution is 2.22. The van der Waals surface area contributed by atoms with Gasteiger partial charge in [0.25, 0.3) is 5.91 Å². The summed E-state index contributed by atoms with van der Waals surface area (Å²) in [4.78, 5) is 28.7. The van der Waals surface area contributed by atoms with Gasteiger partial charge in [0.05, 0.1) is 5.69 Å². The molecule has 3 rings (SSSR count). The van der Waals surface area contributed by atoms with Gasteiger partial charge in [-0.15, -0.1) is 0 Å². The van der Waals surface area contributed by atoms with Gasteiger partial charge in [0.2, 0.25) is 5.91 Å². The number of anilines is 2. The molecule has 0 atom stereocenters. The first-order chi connectivity index (χ1) is 13.9. The Morgan fingerprint density at radius 3 is 2.62 bits per heavy atom. The molecule has 2 amide bonds. The van der Waals surface area contributed by atoms with E-state index < -0.39 is 11.7 Å². The Morgan fingerprint density at radius 2 is 1.90 bits per heavy atom. The zero-order valence-corrected chi connectivity index (χ0v) is 17.0. The van der Waals surface area contributed by atoms with Crippen molar-refractivity contribution in [1.29, 1.82) is 0 Å². The fourth-order valence-electron chi connectivity index (χ4n) is 2.50. The van der Waals surface area contributed by atoms with Crippen LogP contribution < -0.4 is 10.6 Å². The minimum atomic E-state index is -0.547. The topological polar surface area (TPSA) is 71.1 Å². The molecule has 0 saturated carbocycles. The van der Waals surface area contributed by atoms with Crippen molar-refractivity contribution in [2.24, 2.45) is 0 Å². The van der Waals surface area contributed by atoms with Crippen molar-refractivity contribution in [3.05, 3.63) is 94.0 Å². The highest BCUT2D eigenvalue weighted by atomic mass is 79.9. The second-order valence-electron chi connectivity index (χ2n) is 6.22. The zero-order valence-electron chi connectivity index (χ0n) is 15.4. The summed E-state index contributed by atoms with van der Waals surface area (Å²) in [6.45, 7) is 1.82. The molecule has 0 fully saturated rings. The number of pyridine rings is 1. The summed E-state index contributed by atoms with van der Waals surface area (Å²) in [6, 6.07) is 12.9. The van der Waals surface area contributed by atoms with Crippen LogP contribution in [0.4, 0.5) is 15.8 Å². The first-order valence-corrected chi connectivity index (χ1v) is 9.48. The second-order valence-corrected chi connectivity index (χ2v) is 7.13. The van der Waals surface area contributed by atoms with Crippen LogP contribution >= 0.6 is 15.9 Å². The van der Waals surface area contributed by atoms with Crippen LogP contribution in [0.5, 0.6) is 0 Å². The number of hydrogen-bond donors (Lipinski definition) is 2. The number of aromatic nitrogens is 1. The Kier molecular flexibility index (Phi) is 6.51. The molecular weight excluding hydrogens is 437 g/mol. The lowest BCUT2D eigenvalue weighted by Gasteiger charge is -2.11. The maximum absolute atomic E-state index is 14.0. The van der Waals surface area contributed by atoms with E-state index in [4.69, 9.17) is 0 Å². The fraction of sp³-hybridized carbons (Fsp3) is 0.0455. The predicted molar refractivity (Wildman–Crippen MR) is 115 cm³/mol. The molecule has 0 aliphatic carbocycles. The molecule has 0 saturated heterocycles. The largest absolute Gasteiger partial charge is 0.322 e. The molecule has 2 N–H and O–H groups in total. The molecule has 0 unspecified atom stereocenters. The van der Waals surface area contributed by atoms with Crippen molar-refractivity contribution < 1.29 is 14.0 Å². The fourth-order valence-corrected chi connectivity index (χ4v) is 2.84. The molecule has 0 bridgehead atoms. The Balaban J connectivity index is 1.72. The Hall–Kier alpha value is -3.32. The van der Waals surface area contributed by atoms with Crippen LogP contribution in [0, 0.1) is 12.7 Å². The highest BCUT2D eigenvalue weighted by molar-refractivity contribution is 9.10. The van der Waals surface area contributed by atoms with Gasteiger partial charge in [0, 0.05) is 34.2 Å². The van der Waals surface area contributed by atoms with Crippen molar-refractivity contribution in [2.45, 2.75) is 6.92 Å². The van der Waals surface area contributed by atoms with Crippen molar-refractivity contribution >= 4 is 45.2 Å². The van der Waals surface area contributed by atoms with E-state index in [0.29, 0.717) is 15.7 Å². The van der Waals surface area contributed by atoms with Crippen LogP contribution in [0.15, 0.2) is 71.5 Å². The van der Waals surface area contributed by atoms with Gasteiger partial charge in [0.15, 0.2) is 0 Å². The number of nitrogens with zero attached hydrogens (tertiary/aromatic N) is 1. The van der Waals surface area contributed by atoms with Crippen LogP contribution in [0.2, 0.25) is 0 Å². The summed E-state index contributed by atoms with van der Waals surface area (Å²) in [5, 5.41) is 5.28. The van der Waals surface area contributed by atoms with Crippen molar-refractivity contribution in [3.8, 4) is 0 Å². The monoisotopic (exact) mass is 453 g/mol. The highest BCUT2D eigenvalue weighted by Gasteiger charge is 2.12. The Morgan fingerprint density at radius 1 is 1.07 bits per heavy atom. The summed E-state index contributed by atoms with van der Waals surface area (Å²) in [5.74, 6) is -1.37. The average molecular weight is 454 g/mol. The lowest BCUT2D eigenvalue weighted by atomic mass is 10.1. The van der Waals surface area contributed by atoms with Crippen molar-refractivity contribution in [3.63, 3.8) is 0 Å². The van der Waals surface area contributed by atoms with E-state index in [1.165, 1.54) is 18.2 Å². The number of rotatable bonds is 5. The lowest BCUT2D eigenvalue weighted by Crippen LogP contribution is -2.15. The molecule has 3 aromatic rings. The Labute approximate surface area is 175 Å². The number of carbonyl (C=O) groups excluding carboxylic acids is 2. The van der Waals surface area contributed by atoms with E-state index in [0.717, 1.165) is 11.1 Å². The van der Waals surface area contributed by atoms with Crippen LogP contribution in [0.25, 0.3) is 6.08 Å². The summed E-state index contributed by atoms with van der Waals surface area (Å²) < 4.78 is 14.5. The number of nitrogens with one attached hydrogen (secondary N) is 2. The molecule has 5 nitrogen and oxygen atoms in total. The number of halogens is 2. The lowest BCUT2D eigenvalue weighted by molar-refractivity contribution is -0.111. The molecule has 1 aromatic heterocycles. The first-order valence-electron chi connectivity index (χ1n) is 8.68. The third-order valence-corrected chi connectivity index (χ3v) is 4.54. The van der Waals surface area contributed by atoms with Crippen molar-refractivity contribution in [2.75, 3.05) is 10.6 Å². The first kappa shape index (κ1) is 20.4. The molecule has 0 aliphatic rings. The van der Waals surface area contributed by atoms with Gasteiger partial charge in [-0.1, -0.05) is 28.1 Å². The van der Waals surface area contributed by atoms with Crippen LogP contribution in [0.1, 0.15) is 21.5 Å². The molecule has 1 heterocycles. The minimum Gasteiger partial charge on any atom is -0.322 e. The number of carbonyl (C=O) groups is 2. The van der Waals surface area contributed by atoms with E-state index in [2.05, 4.69) is 31.5 Å². The van der Waals surface area contributed by atoms with E-state index >= 15 is 0 Å². The van der Waals surface area contributed by atoms with Gasteiger partial charge >= 0.3 is 0 Å². The second kappa shape index (κ2) is 9.25. The molecule has 29 heavy (non-hydrogen) atoms. The number of amides is 2. The molecule has 0 radical (unpaired) electrons. The van der Waals surface area contributed by atoms with Crippen LogP contribution in [-0.4, -0.2) is 16.8 Å². The van der Waals surface area contributed by atoms with Gasteiger partial charge in [-0.3, -0.25) is 14.6 Å². The molecule has 146 valence electrons. The maximum Gasteiger partial charge on any atom is 0.255 e.